The van der Waals surface area contributed by atoms with Gasteiger partial charge in [-0.25, -0.2) is 18.4 Å². The number of primary sulfonamides is 1. The van der Waals surface area contributed by atoms with Crippen molar-refractivity contribution in [3.05, 3.63) is 64.2 Å². The number of nitrogens with two attached hydrogens (primary N) is 1. The number of anilines is 1. The van der Waals surface area contributed by atoms with E-state index in [-0.39, 0.29) is 22.8 Å². The summed E-state index contributed by atoms with van der Waals surface area (Å²) in [4.78, 5) is 22.1. The molecule has 0 saturated heterocycles. The van der Waals surface area contributed by atoms with Crippen LogP contribution in [0.2, 0.25) is 0 Å². The molecule has 0 radical (unpaired) electrons. The van der Waals surface area contributed by atoms with Crippen molar-refractivity contribution in [2.75, 3.05) is 5.32 Å². The zero-order valence-corrected chi connectivity index (χ0v) is 13.1. The van der Waals surface area contributed by atoms with Gasteiger partial charge in [0.25, 0.3) is 5.69 Å². The van der Waals surface area contributed by atoms with Crippen LogP contribution < -0.4 is 15.8 Å². The van der Waals surface area contributed by atoms with Gasteiger partial charge in [0, 0.05) is 12.6 Å². The van der Waals surface area contributed by atoms with Gasteiger partial charge in [0.1, 0.15) is 5.69 Å². The van der Waals surface area contributed by atoms with Crippen LogP contribution >= 0.6 is 0 Å². The maximum atomic E-state index is 11.8. The molecule has 2 amide bonds. The van der Waals surface area contributed by atoms with Crippen LogP contribution in [0.15, 0.2) is 53.4 Å². The average molecular weight is 350 g/mol. The quantitative estimate of drug-likeness (QED) is 0.553. The van der Waals surface area contributed by atoms with Crippen molar-refractivity contribution in [1.29, 1.82) is 0 Å². The second-order valence-corrected chi connectivity index (χ2v) is 6.33. The molecule has 0 spiro atoms. The summed E-state index contributed by atoms with van der Waals surface area (Å²) in [6.07, 6.45) is 0. The summed E-state index contributed by atoms with van der Waals surface area (Å²) in [6, 6.07) is 10.8. The molecule has 0 aliphatic heterocycles. The molecule has 0 bridgehead atoms. The summed E-state index contributed by atoms with van der Waals surface area (Å²) in [7, 11) is -3.77. The number of nitro groups is 1. The normalized spacial score (nSPS) is 10.9. The smallest absolute Gasteiger partial charge is 0.319 e. The highest BCUT2D eigenvalue weighted by Gasteiger charge is 2.14. The zero-order chi connectivity index (χ0) is 17.7. The highest BCUT2D eigenvalue weighted by Crippen LogP contribution is 2.22. The topological polar surface area (TPSA) is 144 Å². The fourth-order valence-electron chi connectivity index (χ4n) is 1.88. The van der Waals surface area contributed by atoms with Crippen LogP contribution in [0.5, 0.6) is 0 Å². The first-order valence-electron chi connectivity index (χ1n) is 6.67. The van der Waals surface area contributed by atoms with Gasteiger partial charge in [-0.05, 0) is 23.8 Å². The van der Waals surface area contributed by atoms with Crippen molar-refractivity contribution >= 4 is 27.4 Å². The molecule has 0 saturated carbocycles. The first kappa shape index (κ1) is 17.4. The Labute approximate surface area is 137 Å². The molecular weight excluding hydrogens is 336 g/mol. The maximum absolute atomic E-state index is 11.8. The Balaban J connectivity index is 1.98. The van der Waals surface area contributed by atoms with E-state index in [0.29, 0.717) is 5.56 Å². The van der Waals surface area contributed by atoms with Crippen molar-refractivity contribution in [2.45, 2.75) is 11.4 Å². The first-order chi connectivity index (χ1) is 11.3. The van der Waals surface area contributed by atoms with Crippen LogP contribution in [0.3, 0.4) is 0 Å². The minimum atomic E-state index is -3.77. The van der Waals surface area contributed by atoms with Gasteiger partial charge in [-0.3, -0.25) is 10.1 Å². The lowest BCUT2D eigenvalue weighted by molar-refractivity contribution is -0.383. The third-order valence-corrected chi connectivity index (χ3v) is 3.98. The van der Waals surface area contributed by atoms with Crippen molar-refractivity contribution < 1.29 is 18.1 Å². The predicted octanol–water partition coefficient (Wildman–Crippen LogP) is 1.56. The van der Waals surface area contributed by atoms with E-state index in [1.54, 1.807) is 6.07 Å². The molecule has 2 aromatic rings. The fourth-order valence-corrected chi connectivity index (χ4v) is 2.40. The average Bonchev–Trinajstić information content (AvgIpc) is 2.53. The lowest BCUT2D eigenvalue weighted by Gasteiger charge is -2.08. The van der Waals surface area contributed by atoms with E-state index in [1.165, 1.54) is 42.5 Å². The van der Waals surface area contributed by atoms with Crippen LogP contribution in [-0.4, -0.2) is 19.4 Å². The molecule has 9 nitrogen and oxygen atoms in total. The summed E-state index contributed by atoms with van der Waals surface area (Å²) >= 11 is 0. The molecule has 2 rings (SSSR count). The molecular formula is C14H14N4O5S. The summed E-state index contributed by atoms with van der Waals surface area (Å²) < 4.78 is 22.3. The highest BCUT2D eigenvalue weighted by atomic mass is 32.2. The lowest BCUT2D eigenvalue weighted by Crippen LogP contribution is -2.28. The minimum Gasteiger partial charge on any atom is -0.334 e. The number of nitro benzene ring substituents is 1. The van der Waals surface area contributed by atoms with Gasteiger partial charge < -0.3 is 10.6 Å². The van der Waals surface area contributed by atoms with E-state index in [2.05, 4.69) is 10.6 Å². The minimum absolute atomic E-state index is 0.0318. The molecule has 0 aliphatic carbocycles. The van der Waals surface area contributed by atoms with Crippen molar-refractivity contribution in [2.24, 2.45) is 5.14 Å². The van der Waals surface area contributed by atoms with Crippen molar-refractivity contribution in [3.8, 4) is 0 Å². The maximum Gasteiger partial charge on any atom is 0.319 e. The molecule has 0 heterocycles. The Morgan fingerprint density at radius 3 is 2.33 bits per heavy atom. The number of carbonyl (C=O) groups is 1. The number of sulfonamides is 1. The molecule has 126 valence electrons. The monoisotopic (exact) mass is 350 g/mol. The molecule has 0 aliphatic rings. The second kappa shape index (κ2) is 7.06. The van der Waals surface area contributed by atoms with Crippen LogP contribution in [0.1, 0.15) is 5.56 Å². The number of nitrogens with one attached hydrogen (secondary N) is 2. The molecule has 0 unspecified atom stereocenters. The number of para-hydroxylation sites is 2. The summed E-state index contributed by atoms with van der Waals surface area (Å²) in [5.41, 5.74) is 0.495. The van der Waals surface area contributed by atoms with Gasteiger partial charge >= 0.3 is 6.03 Å². The van der Waals surface area contributed by atoms with Crippen LogP contribution in [0.4, 0.5) is 16.2 Å². The molecule has 0 fully saturated rings. The number of rotatable bonds is 5. The fraction of sp³-hybridized carbons (Fsp3) is 0.0714. The van der Waals surface area contributed by atoms with Gasteiger partial charge in [0.05, 0.1) is 9.82 Å². The largest absolute Gasteiger partial charge is 0.334 e. The van der Waals surface area contributed by atoms with Crippen LogP contribution in [-0.2, 0) is 16.6 Å². The Morgan fingerprint density at radius 2 is 1.75 bits per heavy atom. The molecule has 4 N–H and O–H groups in total. The molecule has 0 atom stereocenters. The molecule has 24 heavy (non-hydrogen) atoms. The zero-order valence-electron chi connectivity index (χ0n) is 12.3. The SMILES string of the molecule is NS(=O)(=O)c1ccc(CNC(=O)Nc2ccccc2[N+](=O)[O-])cc1. The third kappa shape index (κ3) is 4.51. The number of benzene rings is 2. The lowest BCUT2D eigenvalue weighted by atomic mass is 10.2. The van der Waals surface area contributed by atoms with E-state index in [9.17, 15) is 23.3 Å². The summed E-state index contributed by atoms with van der Waals surface area (Å²) in [5.74, 6) is 0. The number of amides is 2. The summed E-state index contributed by atoms with van der Waals surface area (Å²) in [6.45, 7) is 0.108. The first-order valence-corrected chi connectivity index (χ1v) is 8.22. The highest BCUT2D eigenvalue weighted by molar-refractivity contribution is 7.89. The van der Waals surface area contributed by atoms with Crippen LogP contribution in [0.25, 0.3) is 0 Å². The van der Waals surface area contributed by atoms with Gasteiger partial charge in [-0.2, -0.15) is 0 Å². The van der Waals surface area contributed by atoms with E-state index < -0.39 is 21.0 Å². The van der Waals surface area contributed by atoms with Gasteiger partial charge in [0.15, 0.2) is 0 Å². The number of nitrogens with zero attached hydrogens (tertiary/aromatic N) is 1. The van der Waals surface area contributed by atoms with E-state index in [1.807, 2.05) is 0 Å². The Bertz CT molecular complexity index is 865. The number of hydrogen-bond donors (Lipinski definition) is 3. The molecule has 10 heteroatoms. The van der Waals surface area contributed by atoms with Crippen molar-refractivity contribution in [1.82, 2.24) is 5.32 Å². The van der Waals surface area contributed by atoms with E-state index in [4.69, 9.17) is 5.14 Å². The summed E-state index contributed by atoms with van der Waals surface area (Å²) in [5, 5.41) is 20.8. The number of hydrogen-bond acceptors (Lipinski definition) is 5. The van der Waals surface area contributed by atoms with Crippen molar-refractivity contribution in [3.63, 3.8) is 0 Å². The van der Waals surface area contributed by atoms with E-state index in [0.717, 1.165) is 0 Å². The molecule has 2 aromatic carbocycles. The number of urea groups is 1. The Hall–Kier alpha value is -2.98. The van der Waals surface area contributed by atoms with Gasteiger partial charge in [0.2, 0.25) is 10.0 Å². The standard InChI is InChI=1S/C14H14N4O5S/c15-24(22,23)11-7-5-10(6-8-11)9-16-14(19)17-12-3-1-2-4-13(12)18(20)21/h1-8H,9H2,(H2,15,22,23)(H2,16,17,19). The van der Waals surface area contributed by atoms with Crippen LogP contribution in [0, 0.1) is 10.1 Å². The Morgan fingerprint density at radius 1 is 1.12 bits per heavy atom. The molecule has 0 aromatic heterocycles. The predicted molar refractivity (Wildman–Crippen MR) is 86.8 cm³/mol. The third-order valence-electron chi connectivity index (χ3n) is 3.05. The second-order valence-electron chi connectivity index (χ2n) is 4.77. The number of carbonyl (C=O) groups excluding carboxylic acids is 1. The van der Waals surface area contributed by atoms with Gasteiger partial charge in [-0.1, -0.05) is 24.3 Å². The van der Waals surface area contributed by atoms with E-state index >= 15 is 0 Å². The Kier molecular flexibility index (Phi) is 5.11. The van der Waals surface area contributed by atoms with Gasteiger partial charge in [-0.15, -0.1) is 0 Å².